The quantitative estimate of drug-likeness (QED) is 0.406. The molecule has 0 spiro atoms. The summed E-state index contributed by atoms with van der Waals surface area (Å²) in [5.74, 6) is -0.614. The summed E-state index contributed by atoms with van der Waals surface area (Å²) < 4.78 is 28.9. The number of benzene rings is 1. The molecule has 2 atom stereocenters. The average molecular weight is 556 g/mol. The Morgan fingerprint density at radius 2 is 1.83 bits per heavy atom. The number of carbonyl (C=O) groups excluding carboxylic acids is 1. The van der Waals surface area contributed by atoms with Crippen molar-refractivity contribution in [3.8, 4) is 0 Å². The fourth-order valence-electron chi connectivity index (χ4n) is 3.78. The van der Waals surface area contributed by atoms with Crippen LogP contribution in [-0.4, -0.2) is 63.5 Å². The smallest absolute Gasteiger partial charge is 0.408 e. The molecule has 0 aliphatic rings. The zero-order chi connectivity index (χ0) is 26.8. The molecule has 2 N–H and O–H groups in total. The van der Waals surface area contributed by atoms with Crippen LogP contribution in [0.25, 0.3) is 11.0 Å². The maximum absolute atomic E-state index is 13.0. The van der Waals surface area contributed by atoms with Crippen LogP contribution in [0.5, 0.6) is 0 Å². The summed E-state index contributed by atoms with van der Waals surface area (Å²) in [6.07, 6.45) is 1.57. The van der Waals surface area contributed by atoms with Gasteiger partial charge in [0.25, 0.3) is 10.0 Å². The Morgan fingerprint density at radius 1 is 1.17 bits per heavy atom. The van der Waals surface area contributed by atoms with Crippen LogP contribution in [0.4, 0.5) is 4.79 Å². The van der Waals surface area contributed by atoms with Gasteiger partial charge in [0, 0.05) is 12.7 Å². The minimum atomic E-state index is -4.04. The number of ketones is 1. The number of sulfonamides is 1. The van der Waals surface area contributed by atoms with Gasteiger partial charge in [0.15, 0.2) is 10.8 Å². The molecule has 0 radical (unpaired) electrons. The molecule has 1 aromatic carbocycles. The normalized spacial score (nSPS) is 13.9. The van der Waals surface area contributed by atoms with Crippen molar-refractivity contribution in [3.63, 3.8) is 0 Å². The molecule has 0 fully saturated rings. The van der Waals surface area contributed by atoms with Gasteiger partial charge in [-0.2, -0.15) is 0 Å². The first kappa shape index (κ1) is 27.9. The maximum Gasteiger partial charge on any atom is 0.408 e. The highest BCUT2D eigenvalue weighted by molar-refractivity contribution is 7.89. The molecule has 2 aromatic heterocycles. The lowest BCUT2D eigenvalue weighted by Crippen LogP contribution is -2.56. The van der Waals surface area contributed by atoms with Gasteiger partial charge in [0.05, 0.1) is 46.0 Å². The van der Waals surface area contributed by atoms with E-state index >= 15 is 0 Å². The van der Waals surface area contributed by atoms with E-state index in [1.165, 1.54) is 25.3 Å². The number of fused-ring (bicyclic) bond motifs is 1. The van der Waals surface area contributed by atoms with Crippen LogP contribution in [0.3, 0.4) is 0 Å². The SMILES string of the molecule is C[C@@H](C(=O)CNS(=O)(=O)c1ccccn1)N(C(=O)O)C(Cn1cnc2cc(Cl)c(Cl)cc21)C(C)(C)C. The number of halogens is 2. The lowest BCUT2D eigenvalue weighted by molar-refractivity contribution is -0.123. The molecule has 3 aromatic rings. The van der Waals surface area contributed by atoms with Crippen molar-refractivity contribution in [2.45, 2.75) is 51.3 Å². The van der Waals surface area contributed by atoms with Gasteiger partial charge < -0.3 is 9.67 Å². The van der Waals surface area contributed by atoms with E-state index in [2.05, 4.69) is 14.7 Å². The molecule has 2 heterocycles. The number of carboxylic acid groups (broad SMARTS) is 1. The Labute approximate surface area is 219 Å². The number of imidazole rings is 1. The second kappa shape index (κ2) is 10.7. The van der Waals surface area contributed by atoms with Crippen molar-refractivity contribution in [2.24, 2.45) is 5.41 Å². The first-order valence-electron chi connectivity index (χ1n) is 11.0. The highest BCUT2D eigenvalue weighted by Gasteiger charge is 2.39. The molecule has 1 amide bonds. The Kier molecular flexibility index (Phi) is 8.29. The van der Waals surface area contributed by atoms with Crippen LogP contribution < -0.4 is 4.72 Å². The van der Waals surface area contributed by atoms with Crippen LogP contribution in [0, 0.1) is 5.41 Å². The predicted octanol–water partition coefficient (Wildman–Crippen LogP) is 4.07. The van der Waals surface area contributed by atoms with E-state index in [4.69, 9.17) is 23.2 Å². The van der Waals surface area contributed by atoms with Crippen molar-refractivity contribution in [1.82, 2.24) is 24.2 Å². The van der Waals surface area contributed by atoms with Gasteiger partial charge in [-0.05, 0) is 36.6 Å². The van der Waals surface area contributed by atoms with Crippen LogP contribution >= 0.6 is 23.2 Å². The highest BCUT2D eigenvalue weighted by Crippen LogP contribution is 2.31. The van der Waals surface area contributed by atoms with E-state index in [1.807, 2.05) is 20.8 Å². The van der Waals surface area contributed by atoms with Crippen LogP contribution in [-0.2, 0) is 21.4 Å². The van der Waals surface area contributed by atoms with Gasteiger partial charge in [-0.3, -0.25) is 9.69 Å². The third kappa shape index (κ3) is 6.15. The van der Waals surface area contributed by atoms with Crippen molar-refractivity contribution < 1.29 is 23.1 Å². The van der Waals surface area contributed by atoms with Crippen LogP contribution in [0.1, 0.15) is 27.7 Å². The molecular weight excluding hydrogens is 529 g/mol. The zero-order valence-corrected chi connectivity index (χ0v) is 22.5. The Morgan fingerprint density at radius 3 is 2.42 bits per heavy atom. The third-order valence-electron chi connectivity index (χ3n) is 5.82. The molecule has 10 nitrogen and oxygen atoms in total. The van der Waals surface area contributed by atoms with Gasteiger partial charge in [-0.25, -0.2) is 27.9 Å². The molecule has 1 unspecified atom stereocenters. The van der Waals surface area contributed by atoms with E-state index in [0.717, 1.165) is 4.90 Å². The number of hydrogen-bond acceptors (Lipinski definition) is 6. The Hall–Kier alpha value is -2.73. The number of nitrogens with zero attached hydrogens (tertiary/aromatic N) is 4. The lowest BCUT2D eigenvalue weighted by atomic mass is 9.84. The standard InChI is InChI=1S/C23H27Cl2N5O5S/c1-14(19(31)11-28-36(34,35)21-7-5-6-8-26-21)30(22(32)33)20(23(2,3)4)12-29-13-27-17-9-15(24)16(25)10-18(17)29/h5-10,13-14,20,28H,11-12H2,1-4H3,(H,32,33)/t14-,20?/m0/s1. The average Bonchev–Trinajstić information content (AvgIpc) is 3.18. The minimum absolute atomic E-state index is 0.168. The molecule has 36 heavy (non-hydrogen) atoms. The van der Waals surface area contributed by atoms with E-state index in [9.17, 15) is 23.1 Å². The van der Waals surface area contributed by atoms with Gasteiger partial charge >= 0.3 is 6.09 Å². The zero-order valence-electron chi connectivity index (χ0n) is 20.1. The summed E-state index contributed by atoms with van der Waals surface area (Å²) in [4.78, 5) is 34.6. The summed E-state index contributed by atoms with van der Waals surface area (Å²) in [5.41, 5.74) is 0.644. The first-order valence-corrected chi connectivity index (χ1v) is 13.2. The first-order chi connectivity index (χ1) is 16.7. The molecule has 0 bridgehead atoms. The summed E-state index contributed by atoms with van der Waals surface area (Å²) in [6.45, 7) is 6.59. The topological polar surface area (TPSA) is 134 Å². The molecule has 3 rings (SSSR count). The third-order valence-corrected chi connectivity index (χ3v) is 7.86. The van der Waals surface area contributed by atoms with Gasteiger partial charge in [-0.15, -0.1) is 0 Å². The number of pyridine rings is 1. The molecule has 0 aliphatic heterocycles. The number of rotatable bonds is 9. The summed E-state index contributed by atoms with van der Waals surface area (Å²) in [6, 6.07) is 5.81. The predicted molar refractivity (Wildman–Crippen MR) is 137 cm³/mol. The van der Waals surface area contributed by atoms with Crippen molar-refractivity contribution in [2.75, 3.05) is 6.54 Å². The highest BCUT2D eigenvalue weighted by atomic mass is 35.5. The number of nitrogens with one attached hydrogen (secondary N) is 1. The van der Waals surface area contributed by atoms with Crippen molar-refractivity contribution >= 4 is 56.1 Å². The second-order valence-electron chi connectivity index (χ2n) is 9.36. The number of carbonyl (C=O) groups is 2. The van der Waals surface area contributed by atoms with Gasteiger partial charge in [0.1, 0.15) is 0 Å². The molecule has 0 aliphatic carbocycles. The minimum Gasteiger partial charge on any atom is -0.465 e. The number of amides is 1. The molecular formula is C23H27Cl2N5O5S. The number of aromatic nitrogens is 3. The van der Waals surface area contributed by atoms with Crippen LogP contribution in [0.15, 0.2) is 47.9 Å². The maximum atomic E-state index is 13.0. The van der Waals surface area contributed by atoms with Gasteiger partial charge in [-0.1, -0.05) is 50.0 Å². The summed E-state index contributed by atoms with van der Waals surface area (Å²) in [7, 11) is -4.04. The molecule has 0 saturated heterocycles. The summed E-state index contributed by atoms with van der Waals surface area (Å²) >= 11 is 12.3. The number of hydrogen-bond donors (Lipinski definition) is 2. The Bertz CT molecular complexity index is 1370. The van der Waals surface area contributed by atoms with Gasteiger partial charge in [0.2, 0.25) is 0 Å². The molecule has 0 saturated carbocycles. The summed E-state index contributed by atoms with van der Waals surface area (Å²) in [5, 5.41) is 10.6. The van der Waals surface area contributed by atoms with Crippen molar-refractivity contribution in [3.05, 3.63) is 52.9 Å². The van der Waals surface area contributed by atoms with E-state index < -0.39 is 45.9 Å². The second-order valence-corrected chi connectivity index (χ2v) is 11.9. The van der Waals surface area contributed by atoms with E-state index in [0.29, 0.717) is 21.1 Å². The Balaban J connectivity index is 1.87. The largest absolute Gasteiger partial charge is 0.465 e. The molecule has 194 valence electrons. The van der Waals surface area contributed by atoms with E-state index in [1.54, 1.807) is 29.1 Å². The van der Waals surface area contributed by atoms with E-state index in [-0.39, 0.29) is 11.6 Å². The molecule has 13 heteroatoms. The lowest BCUT2D eigenvalue weighted by Gasteiger charge is -2.41. The fraction of sp³-hybridized carbons (Fsp3) is 0.391. The monoisotopic (exact) mass is 555 g/mol. The van der Waals surface area contributed by atoms with Crippen molar-refractivity contribution in [1.29, 1.82) is 0 Å². The fourth-order valence-corrected chi connectivity index (χ4v) is 5.04. The van der Waals surface area contributed by atoms with Crippen LogP contribution in [0.2, 0.25) is 10.0 Å². The number of Topliss-reactive ketones (excluding diaryl/α,β-unsaturated/α-hetero) is 1.